The largest absolute Gasteiger partial charge is 0.466 e. The molecule has 0 aliphatic rings. The highest BCUT2D eigenvalue weighted by molar-refractivity contribution is 5.87. The van der Waals surface area contributed by atoms with E-state index in [1.165, 1.54) is 19.3 Å². The summed E-state index contributed by atoms with van der Waals surface area (Å²) >= 11 is 0. The fourth-order valence-corrected chi connectivity index (χ4v) is 0.937. The molecule has 0 spiro atoms. The Bertz CT molecular complexity index is 446. The van der Waals surface area contributed by atoms with Gasteiger partial charge in [-0.15, -0.1) is 0 Å². The van der Waals surface area contributed by atoms with Gasteiger partial charge in [0, 0.05) is 12.1 Å². The van der Waals surface area contributed by atoms with Crippen molar-refractivity contribution < 1.29 is 13.9 Å². The molecule has 0 bridgehead atoms. The van der Waals surface area contributed by atoms with Crippen LogP contribution in [0.25, 0.3) is 6.08 Å². The Kier molecular flexibility index (Phi) is 3.58. The van der Waals surface area contributed by atoms with E-state index in [1.807, 2.05) is 6.07 Å². The lowest BCUT2D eigenvalue weighted by atomic mass is 10.1. The third kappa shape index (κ3) is 2.92. The summed E-state index contributed by atoms with van der Waals surface area (Å²) in [6, 6.07) is 6.46. The van der Waals surface area contributed by atoms with Gasteiger partial charge in [-0.25, -0.2) is 9.18 Å². The first-order valence-corrected chi connectivity index (χ1v) is 4.04. The first kappa shape index (κ1) is 10.9. The molecular formula is C11H7FNO2. The molecule has 0 N–H and O–H groups in total. The Balaban J connectivity index is 3.01. The van der Waals surface area contributed by atoms with Crippen LogP contribution in [0, 0.1) is 23.2 Å². The van der Waals surface area contributed by atoms with Crippen LogP contribution in [0.3, 0.4) is 0 Å². The summed E-state index contributed by atoms with van der Waals surface area (Å²) in [5.74, 6) is -1.15. The number of ether oxygens (including phenoxy) is 1. The summed E-state index contributed by atoms with van der Waals surface area (Å²) < 4.78 is 17.1. The molecule has 0 unspecified atom stereocenters. The van der Waals surface area contributed by atoms with Gasteiger partial charge in [0.15, 0.2) is 0 Å². The van der Waals surface area contributed by atoms with E-state index in [0.29, 0.717) is 5.56 Å². The van der Waals surface area contributed by atoms with Gasteiger partial charge in [-0.2, -0.15) is 5.26 Å². The van der Waals surface area contributed by atoms with Crippen molar-refractivity contribution >= 4 is 12.0 Å². The third-order valence-electron chi connectivity index (χ3n) is 1.67. The first-order valence-electron chi connectivity index (χ1n) is 4.04. The Labute approximate surface area is 86.4 Å². The molecule has 0 heterocycles. The summed E-state index contributed by atoms with van der Waals surface area (Å²) in [6.07, 6.45) is 2.53. The van der Waals surface area contributed by atoms with Crippen LogP contribution < -0.4 is 0 Å². The molecule has 1 aromatic carbocycles. The summed E-state index contributed by atoms with van der Waals surface area (Å²) in [4.78, 5) is 10.8. The maximum Gasteiger partial charge on any atom is 0.330 e. The molecule has 0 aliphatic carbocycles. The number of esters is 1. The van der Waals surface area contributed by atoms with Crippen molar-refractivity contribution in [2.24, 2.45) is 0 Å². The average molecular weight is 204 g/mol. The highest BCUT2D eigenvalue weighted by Gasteiger charge is 2.01. The fraction of sp³-hybridized carbons (Fsp3) is 0.0909. The minimum atomic E-state index is -0.609. The molecule has 3 nitrogen and oxygen atoms in total. The van der Waals surface area contributed by atoms with Gasteiger partial charge >= 0.3 is 5.97 Å². The number of carbonyl (C=O) groups excluding carboxylic acids is 1. The quantitative estimate of drug-likeness (QED) is 0.544. The van der Waals surface area contributed by atoms with E-state index in [9.17, 15) is 9.18 Å². The smallest absolute Gasteiger partial charge is 0.330 e. The molecule has 0 saturated heterocycles. The second-order valence-corrected chi connectivity index (χ2v) is 2.62. The summed E-state index contributed by atoms with van der Waals surface area (Å²) in [6.45, 7) is 0. The van der Waals surface area contributed by atoms with Gasteiger partial charge < -0.3 is 4.74 Å². The number of nitrogens with zero attached hydrogens (tertiary/aromatic N) is 1. The van der Waals surface area contributed by atoms with E-state index in [1.54, 1.807) is 0 Å². The monoisotopic (exact) mass is 204 g/mol. The highest BCUT2D eigenvalue weighted by atomic mass is 19.1. The van der Waals surface area contributed by atoms with Crippen LogP contribution in [0.1, 0.15) is 11.1 Å². The van der Waals surface area contributed by atoms with Crippen LogP contribution in [-0.4, -0.2) is 13.1 Å². The summed E-state index contributed by atoms with van der Waals surface area (Å²) in [5.41, 5.74) is 0.565. The molecule has 0 saturated carbocycles. The lowest BCUT2D eigenvalue weighted by Crippen LogP contribution is -1.94. The number of nitriles is 1. The minimum absolute atomic E-state index is 0.145. The van der Waals surface area contributed by atoms with Crippen molar-refractivity contribution in [3.63, 3.8) is 0 Å². The number of halogens is 1. The van der Waals surface area contributed by atoms with Crippen LogP contribution in [0.5, 0.6) is 0 Å². The number of rotatable bonds is 2. The molecule has 0 fully saturated rings. The van der Waals surface area contributed by atoms with Gasteiger partial charge in [-0.05, 0) is 23.8 Å². The SMILES string of the molecule is COC(=O)/C=C/c1c[c]c(F)cc1C#N. The van der Waals surface area contributed by atoms with Gasteiger partial charge in [-0.1, -0.05) is 0 Å². The van der Waals surface area contributed by atoms with Crippen LogP contribution >= 0.6 is 0 Å². The van der Waals surface area contributed by atoms with E-state index in [2.05, 4.69) is 10.8 Å². The fourth-order valence-electron chi connectivity index (χ4n) is 0.937. The van der Waals surface area contributed by atoms with Crippen molar-refractivity contribution in [2.45, 2.75) is 0 Å². The zero-order valence-electron chi connectivity index (χ0n) is 7.95. The van der Waals surface area contributed by atoms with Crippen molar-refractivity contribution in [1.82, 2.24) is 0 Å². The third-order valence-corrected chi connectivity index (χ3v) is 1.67. The van der Waals surface area contributed by atoms with Crippen LogP contribution in [0.2, 0.25) is 0 Å². The van der Waals surface area contributed by atoms with Gasteiger partial charge in [0.1, 0.15) is 5.82 Å². The number of benzene rings is 1. The second kappa shape index (κ2) is 4.91. The van der Waals surface area contributed by atoms with E-state index in [4.69, 9.17) is 5.26 Å². The van der Waals surface area contributed by atoms with Crippen LogP contribution in [-0.2, 0) is 9.53 Å². The zero-order valence-corrected chi connectivity index (χ0v) is 7.95. The van der Waals surface area contributed by atoms with Crippen molar-refractivity contribution in [2.75, 3.05) is 7.11 Å². The molecule has 1 rings (SSSR count). The predicted octanol–water partition coefficient (Wildman–Crippen LogP) is 1.68. The topological polar surface area (TPSA) is 50.1 Å². The molecular weight excluding hydrogens is 197 g/mol. The molecule has 1 aromatic rings. The normalized spacial score (nSPS) is 9.93. The predicted molar refractivity (Wildman–Crippen MR) is 51.0 cm³/mol. The standard InChI is InChI=1S/C11H7FNO2/c1-15-11(14)5-3-8-2-4-10(12)6-9(8)7-13/h2-3,5-6H,1H3/b5-3+. The number of hydrogen-bond donors (Lipinski definition) is 0. The molecule has 0 atom stereocenters. The first-order chi connectivity index (χ1) is 7.17. The molecule has 0 aromatic heterocycles. The van der Waals surface area contributed by atoms with Crippen LogP contribution in [0.4, 0.5) is 4.39 Å². The maximum atomic E-state index is 12.7. The van der Waals surface area contributed by atoms with Gasteiger partial charge in [-0.3, -0.25) is 0 Å². The van der Waals surface area contributed by atoms with Gasteiger partial charge in [0.2, 0.25) is 0 Å². The van der Waals surface area contributed by atoms with Gasteiger partial charge in [0.25, 0.3) is 0 Å². The van der Waals surface area contributed by atoms with Crippen molar-refractivity contribution in [3.8, 4) is 6.07 Å². The van der Waals surface area contributed by atoms with E-state index >= 15 is 0 Å². The molecule has 4 heteroatoms. The number of hydrogen-bond acceptors (Lipinski definition) is 3. The summed E-state index contributed by atoms with van der Waals surface area (Å²) in [7, 11) is 1.24. The highest BCUT2D eigenvalue weighted by Crippen LogP contribution is 2.11. The molecule has 0 aliphatic heterocycles. The molecule has 75 valence electrons. The van der Waals surface area contributed by atoms with E-state index < -0.39 is 11.8 Å². The minimum Gasteiger partial charge on any atom is -0.466 e. The molecule has 0 amide bonds. The average Bonchev–Trinajstić information content (AvgIpc) is 2.26. The lowest BCUT2D eigenvalue weighted by Gasteiger charge is -1.96. The number of carbonyl (C=O) groups is 1. The molecule has 1 radical (unpaired) electrons. The van der Waals surface area contributed by atoms with Crippen molar-refractivity contribution in [1.29, 1.82) is 5.26 Å². The zero-order chi connectivity index (χ0) is 11.3. The van der Waals surface area contributed by atoms with E-state index in [-0.39, 0.29) is 5.56 Å². The Morgan fingerprint density at radius 2 is 2.47 bits per heavy atom. The maximum absolute atomic E-state index is 12.7. The Morgan fingerprint density at radius 1 is 1.73 bits per heavy atom. The lowest BCUT2D eigenvalue weighted by molar-refractivity contribution is -0.134. The number of methoxy groups -OCH3 is 1. The van der Waals surface area contributed by atoms with Crippen LogP contribution in [0.15, 0.2) is 18.2 Å². The van der Waals surface area contributed by atoms with Crippen molar-refractivity contribution in [3.05, 3.63) is 41.2 Å². The second-order valence-electron chi connectivity index (χ2n) is 2.62. The van der Waals surface area contributed by atoms with E-state index in [0.717, 1.165) is 12.1 Å². The van der Waals surface area contributed by atoms with Gasteiger partial charge in [0.05, 0.1) is 18.7 Å². The molecule has 15 heavy (non-hydrogen) atoms. The Hall–Kier alpha value is -2.15. The summed E-state index contributed by atoms with van der Waals surface area (Å²) in [5, 5.41) is 8.68. The Morgan fingerprint density at radius 3 is 3.07 bits per heavy atom.